The summed E-state index contributed by atoms with van der Waals surface area (Å²) >= 11 is 0. The summed E-state index contributed by atoms with van der Waals surface area (Å²) in [4.78, 5) is 24.4. The van der Waals surface area contributed by atoms with E-state index in [0.717, 1.165) is 24.1 Å². The smallest absolute Gasteiger partial charge is 0.254 e. The summed E-state index contributed by atoms with van der Waals surface area (Å²) in [6.45, 7) is 4.32. The summed E-state index contributed by atoms with van der Waals surface area (Å²) in [5.41, 5.74) is 9.17. The van der Waals surface area contributed by atoms with Gasteiger partial charge in [-0.05, 0) is 56.9 Å². The van der Waals surface area contributed by atoms with Gasteiger partial charge in [-0.25, -0.2) is 9.97 Å². The second-order valence-electron chi connectivity index (χ2n) is 10.1. The SMILES string of the molecule is Cc1coc([C@H]2CCCN2C(=O)c2cc(-c3ncco3)cc(-c3nnc([C@@](C)(N)Cc4ccccc4)o3)c2)n1. The van der Waals surface area contributed by atoms with Crippen LogP contribution in [-0.2, 0) is 12.0 Å². The number of oxazole rings is 2. The molecule has 1 aliphatic rings. The minimum absolute atomic E-state index is 0.157. The zero-order chi connectivity index (χ0) is 27.0. The molecule has 0 unspecified atom stereocenters. The maximum atomic E-state index is 13.8. The van der Waals surface area contributed by atoms with Gasteiger partial charge >= 0.3 is 0 Å². The number of nitrogens with zero attached hydrogens (tertiary/aromatic N) is 5. The fraction of sp³-hybridized carbons (Fsp3) is 0.276. The Morgan fingerprint density at radius 2 is 1.90 bits per heavy atom. The maximum Gasteiger partial charge on any atom is 0.254 e. The molecule has 0 radical (unpaired) electrons. The molecule has 0 saturated carbocycles. The van der Waals surface area contributed by atoms with E-state index in [-0.39, 0.29) is 17.8 Å². The summed E-state index contributed by atoms with van der Waals surface area (Å²) in [5.74, 6) is 1.31. The highest BCUT2D eigenvalue weighted by molar-refractivity contribution is 5.97. The number of aryl methyl sites for hydroxylation is 1. The molecule has 4 heterocycles. The Hall–Kier alpha value is -4.57. The van der Waals surface area contributed by atoms with E-state index in [4.69, 9.17) is 19.0 Å². The van der Waals surface area contributed by atoms with E-state index in [1.807, 2.05) is 50.2 Å². The number of aromatic nitrogens is 4. The minimum atomic E-state index is -0.887. The second-order valence-corrected chi connectivity index (χ2v) is 10.1. The van der Waals surface area contributed by atoms with Gasteiger partial charge in [0.05, 0.1) is 17.4 Å². The Labute approximate surface area is 224 Å². The van der Waals surface area contributed by atoms with Crippen molar-refractivity contribution in [2.24, 2.45) is 5.73 Å². The molecule has 6 rings (SSSR count). The van der Waals surface area contributed by atoms with Gasteiger partial charge in [-0.15, -0.1) is 10.2 Å². The number of carbonyl (C=O) groups excluding carboxylic acids is 1. The molecule has 1 saturated heterocycles. The highest BCUT2D eigenvalue weighted by Gasteiger charge is 2.34. The van der Waals surface area contributed by atoms with E-state index in [1.165, 1.54) is 6.26 Å². The Kier molecular flexibility index (Phi) is 6.32. The number of amides is 1. The van der Waals surface area contributed by atoms with E-state index in [0.29, 0.717) is 47.3 Å². The fourth-order valence-electron chi connectivity index (χ4n) is 4.99. The first-order valence-corrected chi connectivity index (χ1v) is 12.8. The molecule has 10 nitrogen and oxygen atoms in total. The lowest BCUT2D eigenvalue weighted by molar-refractivity contribution is 0.0715. The van der Waals surface area contributed by atoms with Crippen molar-refractivity contribution in [3.63, 3.8) is 0 Å². The number of carbonyl (C=O) groups is 1. The molecule has 2 N–H and O–H groups in total. The third kappa shape index (κ3) is 4.98. The molecule has 198 valence electrons. The predicted octanol–water partition coefficient (Wildman–Crippen LogP) is 5.08. The van der Waals surface area contributed by atoms with Crippen LogP contribution < -0.4 is 5.73 Å². The fourth-order valence-corrected chi connectivity index (χ4v) is 4.99. The number of likely N-dealkylation sites (tertiary alicyclic amines) is 1. The Morgan fingerprint density at radius 1 is 1.10 bits per heavy atom. The standard InChI is InChI=1S/C29H28N6O4/c1-18-17-38-26(32-18)23-9-6-11-35(23)27(36)22-14-20(24-31-10-12-37-24)13-21(15-22)25-33-34-28(39-25)29(2,30)16-19-7-4-3-5-8-19/h3-5,7-8,10,12-15,17,23H,6,9,11,16,30H2,1-2H3/t23-,29+/m1/s1. The van der Waals surface area contributed by atoms with Crippen LogP contribution in [0.25, 0.3) is 22.9 Å². The number of hydrogen-bond acceptors (Lipinski definition) is 9. The van der Waals surface area contributed by atoms with Crippen LogP contribution in [0, 0.1) is 6.92 Å². The van der Waals surface area contributed by atoms with Crippen LogP contribution in [0.3, 0.4) is 0 Å². The van der Waals surface area contributed by atoms with Crippen LogP contribution in [0.15, 0.2) is 80.5 Å². The first-order chi connectivity index (χ1) is 18.9. The van der Waals surface area contributed by atoms with Gasteiger partial charge in [0.2, 0.25) is 23.6 Å². The zero-order valence-electron chi connectivity index (χ0n) is 21.7. The molecule has 1 amide bonds. The predicted molar refractivity (Wildman–Crippen MR) is 141 cm³/mol. The van der Waals surface area contributed by atoms with Gasteiger partial charge in [-0.1, -0.05) is 30.3 Å². The van der Waals surface area contributed by atoms with Crippen molar-refractivity contribution >= 4 is 5.91 Å². The van der Waals surface area contributed by atoms with Gasteiger partial charge in [0, 0.05) is 23.2 Å². The number of hydrogen-bond donors (Lipinski definition) is 1. The molecule has 0 aliphatic carbocycles. The Morgan fingerprint density at radius 3 is 2.62 bits per heavy atom. The van der Waals surface area contributed by atoms with Crippen molar-refractivity contribution in [3.05, 3.63) is 95.9 Å². The molecular formula is C29H28N6O4. The summed E-state index contributed by atoms with van der Waals surface area (Å²) in [6.07, 6.45) is 6.80. The largest absolute Gasteiger partial charge is 0.446 e. The van der Waals surface area contributed by atoms with Crippen LogP contribution in [0.1, 0.15) is 59.2 Å². The number of benzene rings is 2. The highest BCUT2D eigenvalue weighted by atomic mass is 16.4. The number of rotatable bonds is 7. The lowest BCUT2D eigenvalue weighted by Gasteiger charge is -2.23. The molecule has 1 aliphatic heterocycles. The molecule has 1 fully saturated rings. The molecule has 2 atom stereocenters. The van der Waals surface area contributed by atoms with Crippen molar-refractivity contribution in [2.45, 2.75) is 44.7 Å². The van der Waals surface area contributed by atoms with E-state index < -0.39 is 5.54 Å². The quantitative estimate of drug-likeness (QED) is 0.309. The van der Waals surface area contributed by atoms with Crippen LogP contribution in [0.2, 0.25) is 0 Å². The van der Waals surface area contributed by atoms with E-state index >= 15 is 0 Å². The van der Waals surface area contributed by atoms with Crippen LogP contribution in [-0.4, -0.2) is 37.5 Å². The molecule has 10 heteroatoms. The lowest BCUT2D eigenvalue weighted by atomic mass is 9.94. The molecule has 2 aromatic carbocycles. The van der Waals surface area contributed by atoms with Crippen molar-refractivity contribution in [1.29, 1.82) is 0 Å². The van der Waals surface area contributed by atoms with Crippen molar-refractivity contribution in [3.8, 4) is 22.9 Å². The van der Waals surface area contributed by atoms with Gasteiger partial charge < -0.3 is 23.9 Å². The highest BCUT2D eigenvalue weighted by Crippen LogP contribution is 2.35. The van der Waals surface area contributed by atoms with Gasteiger partial charge in [-0.2, -0.15) is 0 Å². The maximum absolute atomic E-state index is 13.8. The monoisotopic (exact) mass is 524 g/mol. The van der Waals surface area contributed by atoms with E-state index in [9.17, 15) is 4.79 Å². The second kappa shape index (κ2) is 9.95. The minimum Gasteiger partial charge on any atom is -0.446 e. The van der Waals surface area contributed by atoms with Crippen molar-refractivity contribution < 1.29 is 18.0 Å². The van der Waals surface area contributed by atoms with Gasteiger partial charge in [-0.3, -0.25) is 4.79 Å². The molecular weight excluding hydrogens is 496 g/mol. The normalized spacial score (nSPS) is 16.9. The third-order valence-corrected chi connectivity index (χ3v) is 6.87. The topological polar surface area (TPSA) is 137 Å². The molecule has 3 aromatic heterocycles. The first kappa shape index (κ1) is 24.7. The Bertz CT molecular complexity index is 1590. The summed E-state index contributed by atoms with van der Waals surface area (Å²) in [7, 11) is 0. The van der Waals surface area contributed by atoms with Crippen LogP contribution >= 0.6 is 0 Å². The molecule has 0 spiro atoms. The summed E-state index contributed by atoms with van der Waals surface area (Å²) < 4.78 is 17.3. The molecule has 0 bridgehead atoms. The van der Waals surface area contributed by atoms with Crippen molar-refractivity contribution in [1.82, 2.24) is 25.1 Å². The number of nitrogens with two attached hydrogens (primary N) is 1. The van der Waals surface area contributed by atoms with Gasteiger partial charge in [0.1, 0.15) is 18.6 Å². The average molecular weight is 525 g/mol. The third-order valence-electron chi connectivity index (χ3n) is 6.87. The van der Waals surface area contributed by atoms with Crippen LogP contribution in [0.5, 0.6) is 0 Å². The van der Waals surface area contributed by atoms with E-state index in [1.54, 1.807) is 29.5 Å². The van der Waals surface area contributed by atoms with Crippen molar-refractivity contribution in [2.75, 3.05) is 6.54 Å². The summed E-state index contributed by atoms with van der Waals surface area (Å²) in [6, 6.07) is 15.0. The Balaban J connectivity index is 1.35. The average Bonchev–Trinajstić information content (AvgIpc) is 3.74. The summed E-state index contributed by atoms with van der Waals surface area (Å²) in [5, 5.41) is 8.54. The van der Waals surface area contributed by atoms with Crippen LogP contribution in [0.4, 0.5) is 0 Å². The van der Waals surface area contributed by atoms with E-state index in [2.05, 4.69) is 20.2 Å². The molecule has 5 aromatic rings. The zero-order valence-corrected chi connectivity index (χ0v) is 21.7. The molecule has 39 heavy (non-hydrogen) atoms. The van der Waals surface area contributed by atoms with Gasteiger partial charge in [0.25, 0.3) is 5.91 Å². The first-order valence-electron chi connectivity index (χ1n) is 12.8. The lowest BCUT2D eigenvalue weighted by Crippen LogP contribution is -2.35. The van der Waals surface area contributed by atoms with Gasteiger partial charge in [0.15, 0.2) is 0 Å².